The predicted molar refractivity (Wildman–Crippen MR) is 176 cm³/mol. The van der Waals surface area contributed by atoms with Crippen molar-refractivity contribution in [1.82, 2.24) is 21.3 Å². The normalized spacial score (nSPS) is 14.8. The summed E-state index contributed by atoms with van der Waals surface area (Å²) in [4.78, 5) is 71.2. The zero-order chi connectivity index (χ0) is 37.2. The van der Waals surface area contributed by atoms with Gasteiger partial charge in [0.1, 0.15) is 24.3 Å². The minimum atomic E-state index is -2.46. The lowest BCUT2D eigenvalue weighted by Gasteiger charge is -2.24. The molecule has 0 aliphatic rings. The van der Waals surface area contributed by atoms with Crippen LogP contribution in [0, 0.1) is 0 Å². The van der Waals surface area contributed by atoms with Gasteiger partial charge in [-0.1, -0.05) is 84.0 Å². The molecule has 0 radical (unpaired) electrons. The monoisotopic (exact) mass is 706 g/mol. The summed E-state index contributed by atoms with van der Waals surface area (Å²) in [5, 5.41) is 74.9. The van der Waals surface area contributed by atoms with Gasteiger partial charge in [0.05, 0.1) is 6.61 Å². The molecule has 0 aromatic carbocycles. The fourth-order valence-corrected chi connectivity index (χ4v) is 4.84. The zero-order valence-electron chi connectivity index (χ0n) is 28.5. The number of rotatable bonds is 30. The number of amides is 4. The van der Waals surface area contributed by atoms with Crippen molar-refractivity contribution in [3.05, 3.63) is 0 Å². The molecule has 284 valence electrons. The molecule has 0 saturated carbocycles. The lowest BCUT2D eigenvalue weighted by Crippen LogP contribution is -2.53. The maximum absolute atomic E-state index is 12.4. The SMILES string of the molecule is CCCCCCCCCCCCCCCC(=O)NC(CCC(=O)NC(CO)C(=O)NCCNC(=O)C(O)C(O)C(O)C(O)C(=O)O)C(=O)O. The van der Waals surface area contributed by atoms with Crippen LogP contribution in [0.4, 0.5) is 0 Å². The van der Waals surface area contributed by atoms with Gasteiger partial charge in [-0.3, -0.25) is 19.2 Å². The van der Waals surface area contributed by atoms with Crippen molar-refractivity contribution >= 4 is 35.6 Å². The fraction of sp³-hybridized carbons (Fsp3) is 0.812. The van der Waals surface area contributed by atoms with E-state index in [9.17, 15) is 59.4 Å². The molecule has 17 heteroatoms. The van der Waals surface area contributed by atoms with Crippen LogP contribution in [-0.2, 0) is 28.8 Å². The Balaban J connectivity index is 4.33. The summed E-state index contributed by atoms with van der Waals surface area (Å²) < 4.78 is 0. The van der Waals surface area contributed by atoms with Gasteiger partial charge >= 0.3 is 11.9 Å². The summed E-state index contributed by atoms with van der Waals surface area (Å²) in [5.74, 6) is -6.54. The lowest BCUT2D eigenvalue weighted by atomic mass is 10.0. The fourth-order valence-electron chi connectivity index (χ4n) is 4.84. The van der Waals surface area contributed by atoms with Crippen LogP contribution in [0.25, 0.3) is 0 Å². The topological polar surface area (TPSA) is 292 Å². The summed E-state index contributed by atoms with van der Waals surface area (Å²) in [6.07, 6.45) is 5.01. The highest BCUT2D eigenvalue weighted by Gasteiger charge is 2.37. The van der Waals surface area contributed by atoms with E-state index in [1.807, 2.05) is 0 Å². The van der Waals surface area contributed by atoms with E-state index < -0.39 is 78.7 Å². The molecular formula is C32H58N4O13. The van der Waals surface area contributed by atoms with Gasteiger partial charge in [0.15, 0.2) is 12.2 Å². The molecule has 6 unspecified atom stereocenters. The minimum Gasteiger partial charge on any atom is -0.480 e. The molecule has 0 bridgehead atoms. The number of carbonyl (C=O) groups is 6. The van der Waals surface area contributed by atoms with Crippen LogP contribution in [0.3, 0.4) is 0 Å². The average Bonchev–Trinajstić information content (AvgIpc) is 3.07. The van der Waals surface area contributed by atoms with Crippen LogP contribution in [0.2, 0.25) is 0 Å². The van der Waals surface area contributed by atoms with E-state index in [4.69, 9.17) is 5.11 Å². The summed E-state index contributed by atoms with van der Waals surface area (Å²) >= 11 is 0. The molecule has 4 amide bonds. The molecular weight excluding hydrogens is 648 g/mol. The standard InChI is InChI=1S/C32H58N4O13/c1-2-3-4-5-6-7-8-9-10-11-12-13-14-15-23(38)35-21(31(46)47)16-17-24(39)36-22(20-37)29(44)33-18-19-34-30(45)27(42)25(40)26(41)28(43)32(48)49/h21-22,25-28,37,40-43H,2-20H2,1H3,(H,33,44)(H,34,45)(H,35,38)(H,36,39)(H,46,47)(H,48,49). The average molecular weight is 707 g/mol. The lowest BCUT2D eigenvalue weighted by molar-refractivity contribution is -0.166. The summed E-state index contributed by atoms with van der Waals surface area (Å²) in [5.41, 5.74) is 0. The molecule has 0 aliphatic heterocycles. The number of hydrogen-bond donors (Lipinski definition) is 11. The Morgan fingerprint density at radius 3 is 1.43 bits per heavy atom. The molecule has 11 N–H and O–H groups in total. The minimum absolute atomic E-state index is 0.163. The third-order valence-electron chi connectivity index (χ3n) is 7.88. The first kappa shape index (κ1) is 45.6. The summed E-state index contributed by atoms with van der Waals surface area (Å²) in [6, 6.07) is -2.76. The number of aliphatic hydroxyl groups excluding tert-OH is 5. The molecule has 0 saturated heterocycles. The Labute approximate surface area is 287 Å². The molecule has 17 nitrogen and oxygen atoms in total. The highest BCUT2D eigenvalue weighted by atomic mass is 16.4. The molecule has 6 atom stereocenters. The van der Waals surface area contributed by atoms with Crippen molar-refractivity contribution < 1.29 is 64.5 Å². The van der Waals surface area contributed by atoms with Crippen molar-refractivity contribution in [2.75, 3.05) is 19.7 Å². The molecule has 49 heavy (non-hydrogen) atoms. The second-order valence-corrected chi connectivity index (χ2v) is 12.1. The second-order valence-electron chi connectivity index (χ2n) is 12.1. The molecule has 0 heterocycles. The van der Waals surface area contributed by atoms with Gasteiger partial charge in [-0.2, -0.15) is 0 Å². The zero-order valence-corrected chi connectivity index (χ0v) is 28.5. The molecule has 0 aromatic rings. The van der Waals surface area contributed by atoms with Crippen LogP contribution in [-0.4, -0.2) is 128 Å². The Hall–Kier alpha value is -3.38. The number of unbranched alkanes of at least 4 members (excludes halogenated alkanes) is 12. The van der Waals surface area contributed by atoms with Gasteiger partial charge in [0, 0.05) is 25.9 Å². The Morgan fingerprint density at radius 1 is 0.531 bits per heavy atom. The van der Waals surface area contributed by atoms with Gasteiger partial charge in [0.25, 0.3) is 5.91 Å². The van der Waals surface area contributed by atoms with E-state index in [2.05, 4.69) is 28.2 Å². The number of hydrogen-bond acceptors (Lipinski definition) is 11. The molecule has 0 aromatic heterocycles. The van der Waals surface area contributed by atoms with Crippen molar-refractivity contribution in [3.63, 3.8) is 0 Å². The number of carboxylic acids is 2. The van der Waals surface area contributed by atoms with Crippen molar-refractivity contribution in [1.29, 1.82) is 0 Å². The molecule has 0 aliphatic carbocycles. The Morgan fingerprint density at radius 2 is 0.959 bits per heavy atom. The van der Waals surface area contributed by atoms with Crippen LogP contribution in [0.5, 0.6) is 0 Å². The van der Waals surface area contributed by atoms with Crippen molar-refractivity contribution in [3.8, 4) is 0 Å². The van der Waals surface area contributed by atoms with Crippen LogP contribution >= 0.6 is 0 Å². The smallest absolute Gasteiger partial charge is 0.335 e. The van der Waals surface area contributed by atoms with Crippen LogP contribution < -0.4 is 21.3 Å². The van der Waals surface area contributed by atoms with Crippen molar-refractivity contribution in [2.45, 2.75) is 146 Å². The van der Waals surface area contributed by atoms with E-state index in [1.165, 1.54) is 51.4 Å². The van der Waals surface area contributed by atoms with E-state index in [1.54, 1.807) is 0 Å². The van der Waals surface area contributed by atoms with Crippen LogP contribution in [0.1, 0.15) is 110 Å². The first-order chi connectivity index (χ1) is 23.3. The van der Waals surface area contributed by atoms with Gasteiger partial charge in [-0.15, -0.1) is 0 Å². The Kier molecular flexibility index (Phi) is 25.6. The Bertz CT molecular complexity index is 1000. The first-order valence-electron chi connectivity index (χ1n) is 17.2. The first-order valence-corrected chi connectivity index (χ1v) is 17.2. The predicted octanol–water partition coefficient (Wildman–Crippen LogP) is -0.945. The quantitative estimate of drug-likeness (QED) is 0.0403. The highest BCUT2D eigenvalue weighted by Crippen LogP contribution is 2.13. The van der Waals surface area contributed by atoms with E-state index in [-0.39, 0.29) is 32.4 Å². The number of nitrogens with one attached hydrogen (secondary N) is 4. The van der Waals surface area contributed by atoms with Gasteiger partial charge < -0.3 is 57.0 Å². The van der Waals surface area contributed by atoms with Gasteiger partial charge in [0.2, 0.25) is 17.7 Å². The highest BCUT2D eigenvalue weighted by molar-refractivity contribution is 5.88. The van der Waals surface area contributed by atoms with E-state index >= 15 is 0 Å². The maximum atomic E-state index is 12.4. The van der Waals surface area contributed by atoms with E-state index in [0.29, 0.717) is 6.42 Å². The van der Waals surface area contributed by atoms with Crippen molar-refractivity contribution in [2.24, 2.45) is 0 Å². The summed E-state index contributed by atoms with van der Waals surface area (Å²) in [7, 11) is 0. The number of aliphatic carboxylic acids is 2. The molecule has 0 rings (SSSR count). The third-order valence-corrected chi connectivity index (χ3v) is 7.88. The number of carboxylic acid groups (broad SMARTS) is 2. The van der Waals surface area contributed by atoms with Gasteiger partial charge in [-0.05, 0) is 12.8 Å². The van der Waals surface area contributed by atoms with Crippen LogP contribution in [0.15, 0.2) is 0 Å². The second kappa shape index (κ2) is 27.4. The third kappa shape index (κ3) is 21.3. The van der Waals surface area contributed by atoms with E-state index in [0.717, 1.165) is 25.7 Å². The van der Waals surface area contributed by atoms with Gasteiger partial charge in [-0.25, -0.2) is 9.59 Å². The molecule has 0 spiro atoms. The largest absolute Gasteiger partial charge is 0.480 e. The molecule has 0 fully saturated rings. The maximum Gasteiger partial charge on any atom is 0.335 e. The number of carbonyl (C=O) groups excluding carboxylic acids is 4. The summed E-state index contributed by atoms with van der Waals surface area (Å²) in [6.45, 7) is 0.765. The number of aliphatic hydroxyl groups is 5.